The maximum atomic E-state index is 10.7. The summed E-state index contributed by atoms with van der Waals surface area (Å²) in [6.07, 6.45) is 3.09. The summed E-state index contributed by atoms with van der Waals surface area (Å²) < 4.78 is 8.19. The fraction of sp³-hybridized carbons (Fsp3) is 0.538. The lowest BCUT2D eigenvalue weighted by Gasteiger charge is -2.22. The largest absolute Gasteiger partial charge is 0.481 e. The molecule has 118 valence electrons. The second-order valence-corrected chi connectivity index (χ2v) is 6.46. The third-order valence-electron chi connectivity index (χ3n) is 3.51. The number of rotatable bonds is 4. The summed E-state index contributed by atoms with van der Waals surface area (Å²) in [6, 6.07) is 0. The van der Waals surface area contributed by atoms with Gasteiger partial charge in [0.1, 0.15) is 5.52 Å². The van der Waals surface area contributed by atoms with Crippen LogP contribution in [0.3, 0.4) is 0 Å². The first kappa shape index (κ1) is 15.9. The minimum atomic E-state index is -0.890. The van der Waals surface area contributed by atoms with Gasteiger partial charge in [-0.25, -0.2) is 14.6 Å². The van der Waals surface area contributed by atoms with Crippen LogP contribution < -0.4 is 0 Å². The van der Waals surface area contributed by atoms with E-state index < -0.39 is 5.97 Å². The molecule has 0 radical (unpaired) electrons. The number of halogens is 2. The van der Waals surface area contributed by atoms with Crippen LogP contribution in [-0.4, -0.2) is 37.4 Å². The number of ether oxygens (including phenoxy) is 1. The van der Waals surface area contributed by atoms with E-state index in [1.165, 1.54) is 0 Å². The Morgan fingerprint density at radius 3 is 2.95 bits per heavy atom. The third-order valence-corrected chi connectivity index (χ3v) is 4.54. The van der Waals surface area contributed by atoms with Crippen molar-refractivity contribution >= 4 is 51.3 Å². The van der Waals surface area contributed by atoms with Crippen LogP contribution in [0.5, 0.6) is 0 Å². The molecule has 0 bridgehead atoms. The minimum Gasteiger partial charge on any atom is -0.481 e. The van der Waals surface area contributed by atoms with E-state index in [2.05, 4.69) is 37.7 Å². The van der Waals surface area contributed by atoms with E-state index in [1.54, 1.807) is 4.68 Å². The number of aromatic nitrogens is 4. The number of aliphatic carboxylic acids is 1. The van der Waals surface area contributed by atoms with Gasteiger partial charge < -0.3 is 9.84 Å². The first-order valence-electron chi connectivity index (χ1n) is 7.00. The van der Waals surface area contributed by atoms with Gasteiger partial charge in [-0.05, 0) is 41.9 Å². The highest BCUT2D eigenvalue weighted by molar-refractivity contribution is 14.1. The van der Waals surface area contributed by atoms with Crippen LogP contribution >= 0.6 is 34.2 Å². The Hall–Kier alpha value is -1.00. The number of carboxylic acid groups (broad SMARTS) is 1. The maximum Gasteiger partial charge on any atom is 0.303 e. The molecule has 1 unspecified atom stereocenters. The lowest BCUT2D eigenvalue weighted by molar-refractivity contribution is -0.136. The van der Waals surface area contributed by atoms with Crippen molar-refractivity contribution in [3.05, 3.63) is 14.5 Å². The summed E-state index contributed by atoms with van der Waals surface area (Å²) >= 11 is 8.25. The predicted octanol–water partition coefficient (Wildman–Crippen LogP) is 2.80. The lowest BCUT2D eigenvalue weighted by Crippen LogP contribution is -2.19. The average Bonchev–Trinajstić information content (AvgIpc) is 2.82. The molecule has 2 aromatic rings. The van der Waals surface area contributed by atoms with E-state index in [0.29, 0.717) is 27.2 Å². The van der Waals surface area contributed by atoms with E-state index in [9.17, 15) is 4.79 Å². The Morgan fingerprint density at radius 1 is 1.45 bits per heavy atom. The van der Waals surface area contributed by atoms with E-state index in [-0.39, 0.29) is 24.2 Å². The first-order valence-corrected chi connectivity index (χ1v) is 8.45. The fourth-order valence-corrected chi connectivity index (χ4v) is 3.24. The molecular formula is C13H14ClIN4O3. The smallest absolute Gasteiger partial charge is 0.303 e. The van der Waals surface area contributed by atoms with Gasteiger partial charge in [0.05, 0.1) is 12.1 Å². The average molecular weight is 437 g/mol. The summed E-state index contributed by atoms with van der Waals surface area (Å²) in [5.74, 6) is -0.890. The molecule has 1 fully saturated rings. The summed E-state index contributed by atoms with van der Waals surface area (Å²) in [6.45, 7) is 0.709. The van der Waals surface area contributed by atoms with Crippen molar-refractivity contribution < 1.29 is 14.6 Å². The van der Waals surface area contributed by atoms with Gasteiger partial charge in [-0.2, -0.15) is 5.10 Å². The second-order valence-electron chi connectivity index (χ2n) is 5.08. The number of hydrogen-bond acceptors (Lipinski definition) is 5. The molecule has 0 saturated carbocycles. The quantitative estimate of drug-likeness (QED) is 0.741. The summed E-state index contributed by atoms with van der Waals surface area (Å²) in [5.41, 5.74) is 1.71. The Labute approximate surface area is 145 Å². The standard InChI is InChI=1S/C13H14ClIN4O3/c14-11-7(4-5-9(20)21)16-10-12(15)18-19(13(10)17-11)8-3-1-2-6-22-8/h8H,1-6H2,(H,20,21). The van der Waals surface area contributed by atoms with Gasteiger partial charge >= 0.3 is 5.97 Å². The van der Waals surface area contributed by atoms with Crippen molar-refractivity contribution in [3.63, 3.8) is 0 Å². The van der Waals surface area contributed by atoms with Crippen LogP contribution in [0.15, 0.2) is 0 Å². The molecule has 0 aliphatic carbocycles. The van der Waals surface area contributed by atoms with Crippen molar-refractivity contribution in [2.75, 3.05) is 6.61 Å². The van der Waals surface area contributed by atoms with Crippen LogP contribution in [0, 0.1) is 3.70 Å². The van der Waals surface area contributed by atoms with E-state index in [1.807, 2.05) is 0 Å². The highest BCUT2D eigenvalue weighted by atomic mass is 127. The van der Waals surface area contributed by atoms with Crippen LogP contribution in [0.4, 0.5) is 0 Å². The molecule has 3 heterocycles. The normalized spacial score (nSPS) is 18.7. The van der Waals surface area contributed by atoms with E-state index >= 15 is 0 Å². The van der Waals surface area contributed by atoms with Crippen LogP contribution in [0.25, 0.3) is 11.2 Å². The molecular weight excluding hydrogens is 423 g/mol. The molecule has 9 heteroatoms. The molecule has 22 heavy (non-hydrogen) atoms. The zero-order chi connectivity index (χ0) is 15.7. The predicted molar refractivity (Wildman–Crippen MR) is 87.8 cm³/mol. The van der Waals surface area contributed by atoms with Crippen LogP contribution in [0.2, 0.25) is 5.15 Å². The Morgan fingerprint density at radius 2 is 2.27 bits per heavy atom. The van der Waals surface area contributed by atoms with Gasteiger partial charge in [0, 0.05) is 13.0 Å². The zero-order valence-electron chi connectivity index (χ0n) is 11.6. The number of nitrogens with zero attached hydrogens (tertiary/aromatic N) is 4. The fourth-order valence-electron chi connectivity index (χ4n) is 2.43. The Kier molecular flexibility index (Phi) is 4.79. The highest BCUT2D eigenvalue weighted by Crippen LogP contribution is 2.28. The summed E-state index contributed by atoms with van der Waals surface area (Å²) in [4.78, 5) is 19.5. The Bertz CT molecular complexity index is 715. The van der Waals surface area contributed by atoms with Crippen molar-refractivity contribution in [2.24, 2.45) is 0 Å². The molecule has 0 aromatic carbocycles. The molecule has 1 atom stereocenters. The number of fused-ring (bicyclic) bond motifs is 1. The molecule has 1 N–H and O–H groups in total. The van der Waals surface area contributed by atoms with Gasteiger partial charge in [-0.3, -0.25) is 4.79 Å². The molecule has 1 saturated heterocycles. The number of aryl methyl sites for hydroxylation is 1. The first-order chi connectivity index (χ1) is 10.6. The molecule has 0 amide bonds. The SMILES string of the molecule is O=C(O)CCc1nc2c(I)nn(C3CCCCO3)c2nc1Cl. The zero-order valence-corrected chi connectivity index (χ0v) is 14.5. The number of carbonyl (C=O) groups is 1. The van der Waals surface area contributed by atoms with Gasteiger partial charge in [0.25, 0.3) is 0 Å². The molecule has 3 rings (SSSR count). The highest BCUT2D eigenvalue weighted by Gasteiger charge is 2.23. The second kappa shape index (κ2) is 6.63. The number of hydrogen-bond donors (Lipinski definition) is 1. The molecule has 1 aliphatic rings. The summed E-state index contributed by atoms with van der Waals surface area (Å²) in [7, 11) is 0. The molecule has 0 spiro atoms. The topological polar surface area (TPSA) is 90.1 Å². The molecule has 1 aliphatic heterocycles. The van der Waals surface area contributed by atoms with Crippen molar-refractivity contribution in [3.8, 4) is 0 Å². The van der Waals surface area contributed by atoms with Crippen LogP contribution in [-0.2, 0) is 16.0 Å². The van der Waals surface area contributed by atoms with Crippen molar-refractivity contribution in [2.45, 2.75) is 38.3 Å². The van der Waals surface area contributed by atoms with Gasteiger partial charge in [-0.15, -0.1) is 0 Å². The van der Waals surface area contributed by atoms with Gasteiger partial charge in [0.2, 0.25) is 0 Å². The van der Waals surface area contributed by atoms with Crippen molar-refractivity contribution in [1.29, 1.82) is 0 Å². The Balaban J connectivity index is 1.99. The molecule has 2 aromatic heterocycles. The molecule has 7 nitrogen and oxygen atoms in total. The van der Waals surface area contributed by atoms with Gasteiger partial charge in [-0.1, -0.05) is 11.6 Å². The maximum absolute atomic E-state index is 10.7. The lowest BCUT2D eigenvalue weighted by atomic mass is 10.2. The van der Waals surface area contributed by atoms with E-state index in [0.717, 1.165) is 19.3 Å². The van der Waals surface area contributed by atoms with Crippen molar-refractivity contribution in [1.82, 2.24) is 19.7 Å². The monoisotopic (exact) mass is 436 g/mol. The van der Waals surface area contributed by atoms with E-state index in [4.69, 9.17) is 21.4 Å². The van der Waals surface area contributed by atoms with Gasteiger partial charge in [0.15, 0.2) is 20.7 Å². The van der Waals surface area contributed by atoms with Crippen LogP contribution in [0.1, 0.15) is 37.6 Å². The summed E-state index contributed by atoms with van der Waals surface area (Å²) in [5, 5.41) is 13.5. The third kappa shape index (κ3) is 3.18. The number of carboxylic acids is 1. The minimum absolute atomic E-state index is 0.0314.